The van der Waals surface area contributed by atoms with Crippen LogP contribution in [0, 0.1) is 6.92 Å². The molecule has 1 amide bonds. The van der Waals surface area contributed by atoms with E-state index in [0.29, 0.717) is 31.0 Å². The summed E-state index contributed by atoms with van der Waals surface area (Å²) in [5.74, 6) is 1.55. The van der Waals surface area contributed by atoms with Crippen LogP contribution in [0.1, 0.15) is 30.1 Å². The van der Waals surface area contributed by atoms with Gasteiger partial charge >= 0.3 is 0 Å². The summed E-state index contributed by atoms with van der Waals surface area (Å²) in [7, 11) is 0. The van der Waals surface area contributed by atoms with E-state index in [1.807, 2.05) is 30.0 Å². The summed E-state index contributed by atoms with van der Waals surface area (Å²) in [5.41, 5.74) is 1.48. The molecule has 26 heavy (non-hydrogen) atoms. The maximum atomic E-state index is 12.5. The van der Waals surface area contributed by atoms with Crippen LogP contribution in [0.4, 0.5) is 5.69 Å². The lowest BCUT2D eigenvalue weighted by Gasteiger charge is -2.16. The SMILES string of the molecule is CCn1nc(-c2csc(C)n2)nc1[C@@H]1CC(=O)N(c2cccc(O)c2)C1. The molecule has 3 aromatic rings. The molecule has 7 nitrogen and oxygen atoms in total. The molecule has 0 radical (unpaired) electrons. The number of thiazole rings is 1. The fourth-order valence-electron chi connectivity index (χ4n) is 3.25. The van der Waals surface area contributed by atoms with Crippen molar-refractivity contribution in [2.45, 2.75) is 32.7 Å². The van der Waals surface area contributed by atoms with E-state index < -0.39 is 0 Å². The van der Waals surface area contributed by atoms with Gasteiger partial charge in [0.05, 0.1) is 5.01 Å². The maximum absolute atomic E-state index is 12.5. The Kier molecular flexibility index (Phi) is 4.20. The molecule has 0 bridgehead atoms. The number of aromatic nitrogens is 4. The molecule has 4 rings (SSSR count). The minimum atomic E-state index is -0.0363. The van der Waals surface area contributed by atoms with E-state index in [9.17, 15) is 9.90 Å². The van der Waals surface area contributed by atoms with Crippen molar-refractivity contribution < 1.29 is 9.90 Å². The summed E-state index contributed by atoms with van der Waals surface area (Å²) in [6, 6.07) is 6.77. The number of carbonyl (C=O) groups is 1. The van der Waals surface area contributed by atoms with Crippen LogP contribution < -0.4 is 4.90 Å². The number of anilines is 1. The number of amides is 1. The van der Waals surface area contributed by atoms with Gasteiger partial charge in [0, 0.05) is 42.6 Å². The Labute approximate surface area is 154 Å². The van der Waals surface area contributed by atoms with Crippen molar-refractivity contribution in [1.29, 1.82) is 0 Å². The van der Waals surface area contributed by atoms with Crippen molar-refractivity contribution in [3.05, 3.63) is 40.5 Å². The van der Waals surface area contributed by atoms with Gasteiger partial charge < -0.3 is 10.0 Å². The first-order chi connectivity index (χ1) is 12.5. The Bertz CT molecular complexity index is 964. The summed E-state index contributed by atoms with van der Waals surface area (Å²) in [6.07, 6.45) is 0.379. The number of nitrogens with zero attached hydrogens (tertiary/aromatic N) is 5. The Morgan fingerprint density at radius 3 is 2.88 bits per heavy atom. The van der Waals surface area contributed by atoms with Crippen LogP contribution in [0.25, 0.3) is 11.5 Å². The van der Waals surface area contributed by atoms with E-state index in [1.54, 1.807) is 34.4 Å². The number of hydrogen-bond donors (Lipinski definition) is 1. The lowest BCUT2D eigenvalue weighted by Crippen LogP contribution is -2.24. The second-order valence-electron chi connectivity index (χ2n) is 6.29. The molecular formula is C18H19N5O2S. The minimum absolute atomic E-state index is 0.0253. The molecule has 1 aliphatic rings. The monoisotopic (exact) mass is 369 g/mol. The summed E-state index contributed by atoms with van der Waals surface area (Å²) in [4.78, 5) is 23.4. The van der Waals surface area contributed by atoms with Crippen LogP contribution in [0.5, 0.6) is 5.75 Å². The van der Waals surface area contributed by atoms with Gasteiger partial charge in [-0.3, -0.25) is 4.79 Å². The van der Waals surface area contributed by atoms with Gasteiger partial charge in [-0.25, -0.2) is 14.6 Å². The van der Waals surface area contributed by atoms with Crippen molar-refractivity contribution in [3.63, 3.8) is 0 Å². The fraction of sp³-hybridized carbons (Fsp3) is 0.333. The Balaban J connectivity index is 1.64. The van der Waals surface area contributed by atoms with E-state index in [-0.39, 0.29) is 17.6 Å². The third-order valence-corrected chi connectivity index (χ3v) is 5.25. The van der Waals surface area contributed by atoms with Crippen molar-refractivity contribution in [1.82, 2.24) is 19.7 Å². The molecule has 1 N–H and O–H groups in total. The van der Waals surface area contributed by atoms with Crippen LogP contribution in [0.3, 0.4) is 0 Å². The second-order valence-corrected chi connectivity index (χ2v) is 7.35. The number of carbonyl (C=O) groups excluding carboxylic acids is 1. The fourth-order valence-corrected chi connectivity index (χ4v) is 3.85. The molecule has 134 valence electrons. The van der Waals surface area contributed by atoms with Crippen LogP contribution >= 0.6 is 11.3 Å². The van der Waals surface area contributed by atoms with E-state index in [0.717, 1.165) is 16.5 Å². The van der Waals surface area contributed by atoms with Crippen molar-refractivity contribution >= 4 is 22.9 Å². The standard InChI is InChI=1S/C18H19N5O2S/c1-3-23-18(20-17(21-23)15-10-26-11(2)19-15)12-7-16(25)22(9-12)13-5-4-6-14(24)8-13/h4-6,8,10,12,24H,3,7,9H2,1-2H3/t12-/m1/s1. The first kappa shape index (κ1) is 16.7. The molecule has 3 heterocycles. The molecule has 2 aromatic heterocycles. The maximum Gasteiger partial charge on any atom is 0.227 e. The third-order valence-electron chi connectivity index (χ3n) is 4.48. The number of rotatable bonds is 4. The van der Waals surface area contributed by atoms with Gasteiger partial charge in [0.25, 0.3) is 0 Å². The van der Waals surface area contributed by atoms with Crippen molar-refractivity contribution in [2.75, 3.05) is 11.4 Å². The molecule has 1 saturated heterocycles. The molecule has 0 unspecified atom stereocenters. The summed E-state index contributed by atoms with van der Waals surface area (Å²) in [6.45, 7) is 5.17. The molecule has 1 fully saturated rings. The molecule has 1 aliphatic heterocycles. The van der Waals surface area contributed by atoms with Gasteiger partial charge in [0.2, 0.25) is 11.7 Å². The highest BCUT2D eigenvalue weighted by molar-refractivity contribution is 7.09. The summed E-state index contributed by atoms with van der Waals surface area (Å²) in [5, 5.41) is 17.2. The van der Waals surface area contributed by atoms with Gasteiger partial charge in [-0.2, -0.15) is 0 Å². The quantitative estimate of drug-likeness (QED) is 0.764. The highest BCUT2D eigenvalue weighted by Gasteiger charge is 2.35. The zero-order valence-electron chi connectivity index (χ0n) is 14.6. The number of hydrogen-bond acceptors (Lipinski definition) is 6. The lowest BCUT2D eigenvalue weighted by atomic mass is 10.1. The van der Waals surface area contributed by atoms with Gasteiger partial charge in [0.15, 0.2) is 0 Å². The number of aryl methyl sites for hydroxylation is 2. The van der Waals surface area contributed by atoms with E-state index in [4.69, 9.17) is 4.98 Å². The average molecular weight is 369 g/mol. The zero-order valence-corrected chi connectivity index (χ0v) is 15.4. The molecule has 0 aliphatic carbocycles. The Morgan fingerprint density at radius 2 is 2.19 bits per heavy atom. The first-order valence-corrected chi connectivity index (χ1v) is 9.39. The van der Waals surface area contributed by atoms with E-state index in [1.165, 1.54) is 0 Å². The molecule has 1 atom stereocenters. The highest BCUT2D eigenvalue weighted by Crippen LogP contribution is 2.33. The van der Waals surface area contributed by atoms with E-state index >= 15 is 0 Å². The normalized spacial score (nSPS) is 17.2. The third kappa shape index (κ3) is 2.96. The van der Waals surface area contributed by atoms with Gasteiger partial charge in [-0.15, -0.1) is 16.4 Å². The number of aromatic hydroxyl groups is 1. The topological polar surface area (TPSA) is 84.1 Å². The first-order valence-electron chi connectivity index (χ1n) is 8.51. The van der Waals surface area contributed by atoms with Gasteiger partial charge in [-0.05, 0) is 26.0 Å². The van der Waals surface area contributed by atoms with Crippen LogP contribution in [0.15, 0.2) is 29.6 Å². The van der Waals surface area contributed by atoms with Crippen LogP contribution in [0.2, 0.25) is 0 Å². The minimum Gasteiger partial charge on any atom is -0.508 e. The van der Waals surface area contributed by atoms with Crippen molar-refractivity contribution in [2.24, 2.45) is 0 Å². The molecule has 1 aromatic carbocycles. The predicted octanol–water partition coefficient (Wildman–Crippen LogP) is 2.96. The highest BCUT2D eigenvalue weighted by atomic mass is 32.1. The number of phenols is 1. The smallest absolute Gasteiger partial charge is 0.227 e. The molecule has 8 heteroatoms. The molecule has 0 saturated carbocycles. The van der Waals surface area contributed by atoms with Gasteiger partial charge in [0.1, 0.15) is 17.3 Å². The van der Waals surface area contributed by atoms with E-state index in [2.05, 4.69) is 10.1 Å². The summed E-state index contributed by atoms with van der Waals surface area (Å²) >= 11 is 1.57. The largest absolute Gasteiger partial charge is 0.508 e. The lowest BCUT2D eigenvalue weighted by molar-refractivity contribution is -0.117. The average Bonchev–Trinajstić information content (AvgIpc) is 3.32. The van der Waals surface area contributed by atoms with Crippen molar-refractivity contribution in [3.8, 4) is 17.3 Å². The Hall–Kier alpha value is -2.74. The van der Waals surface area contributed by atoms with Crippen LogP contribution in [-0.4, -0.2) is 37.3 Å². The number of benzene rings is 1. The second kappa shape index (κ2) is 6.53. The zero-order chi connectivity index (χ0) is 18.3. The molecule has 0 spiro atoms. The molecular weight excluding hydrogens is 350 g/mol. The summed E-state index contributed by atoms with van der Waals surface area (Å²) < 4.78 is 1.86. The Morgan fingerprint density at radius 1 is 1.35 bits per heavy atom. The predicted molar refractivity (Wildman–Crippen MR) is 99.4 cm³/mol. The number of phenolic OH excluding ortho intramolecular Hbond substituents is 1. The van der Waals surface area contributed by atoms with Crippen LogP contribution in [-0.2, 0) is 11.3 Å². The van der Waals surface area contributed by atoms with Gasteiger partial charge in [-0.1, -0.05) is 6.07 Å².